The molecule has 0 bridgehead atoms. The van der Waals surface area contributed by atoms with Gasteiger partial charge in [-0.15, -0.1) is 0 Å². The Kier molecular flexibility index (Phi) is 3.17. The summed E-state index contributed by atoms with van der Waals surface area (Å²) in [5.74, 6) is 0.382. The van der Waals surface area contributed by atoms with Crippen molar-refractivity contribution in [1.29, 1.82) is 0 Å². The number of rotatable bonds is 3. The van der Waals surface area contributed by atoms with Crippen LogP contribution in [0.4, 0.5) is 0 Å². The van der Waals surface area contributed by atoms with Gasteiger partial charge in [-0.3, -0.25) is 4.79 Å². The minimum Gasteiger partial charge on any atom is -0.275 e. The van der Waals surface area contributed by atoms with Gasteiger partial charge < -0.3 is 0 Å². The third-order valence-electron chi connectivity index (χ3n) is 3.84. The number of para-hydroxylation sites is 1. The Hall–Kier alpha value is -1.91. The molecular formula is C16H11Cl2N3O. The summed E-state index contributed by atoms with van der Waals surface area (Å²) < 4.78 is 1.78. The van der Waals surface area contributed by atoms with Crippen molar-refractivity contribution in [2.24, 2.45) is 0 Å². The number of aromatic nitrogens is 3. The van der Waals surface area contributed by atoms with Crippen molar-refractivity contribution in [2.75, 3.05) is 0 Å². The minimum atomic E-state index is -0.603. The SMILES string of the molecule is O=C(Cl)c1cnc2c(c(C3CC3)nn2-c2ccccc2)c1Cl. The van der Waals surface area contributed by atoms with E-state index in [-0.39, 0.29) is 5.56 Å². The molecule has 0 radical (unpaired) electrons. The summed E-state index contributed by atoms with van der Waals surface area (Å²) in [6, 6.07) is 9.75. The van der Waals surface area contributed by atoms with E-state index in [1.165, 1.54) is 6.20 Å². The molecule has 22 heavy (non-hydrogen) atoms. The summed E-state index contributed by atoms with van der Waals surface area (Å²) >= 11 is 12.0. The standard InChI is InChI=1S/C16H11Cl2N3O/c17-13-11(15(18)22)8-19-16-12(13)14(9-6-7-9)20-21(16)10-4-2-1-3-5-10/h1-5,8-9H,6-7H2. The molecule has 0 saturated heterocycles. The smallest absolute Gasteiger partial charge is 0.255 e. The van der Waals surface area contributed by atoms with Crippen LogP contribution in [0.15, 0.2) is 36.5 Å². The van der Waals surface area contributed by atoms with E-state index in [2.05, 4.69) is 4.98 Å². The van der Waals surface area contributed by atoms with Crippen molar-refractivity contribution in [1.82, 2.24) is 14.8 Å². The Labute approximate surface area is 136 Å². The third kappa shape index (κ3) is 2.11. The van der Waals surface area contributed by atoms with Gasteiger partial charge in [-0.2, -0.15) is 5.10 Å². The highest BCUT2D eigenvalue weighted by Crippen LogP contribution is 2.44. The number of carbonyl (C=O) groups excluding carboxylic acids is 1. The molecule has 1 saturated carbocycles. The predicted molar refractivity (Wildman–Crippen MR) is 86.0 cm³/mol. The topological polar surface area (TPSA) is 47.8 Å². The second kappa shape index (κ2) is 5.07. The summed E-state index contributed by atoms with van der Waals surface area (Å²) in [5.41, 5.74) is 2.69. The molecule has 1 aromatic carbocycles. The van der Waals surface area contributed by atoms with E-state index in [1.54, 1.807) is 4.68 Å². The molecule has 0 atom stereocenters. The fourth-order valence-corrected chi connectivity index (χ4v) is 3.11. The largest absolute Gasteiger partial charge is 0.275 e. The molecule has 0 unspecified atom stereocenters. The van der Waals surface area contributed by atoms with Gasteiger partial charge in [0.05, 0.1) is 27.4 Å². The van der Waals surface area contributed by atoms with Crippen LogP contribution < -0.4 is 0 Å². The van der Waals surface area contributed by atoms with Gasteiger partial charge in [0.15, 0.2) is 5.65 Å². The average molecular weight is 332 g/mol. The lowest BCUT2D eigenvalue weighted by molar-refractivity contribution is 0.108. The van der Waals surface area contributed by atoms with Crippen molar-refractivity contribution >= 4 is 39.5 Å². The van der Waals surface area contributed by atoms with Crippen LogP contribution in [0.1, 0.15) is 34.8 Å². The number of hydrogen-bond donors (Lipinski definition) is 0. The normalized spacial score (nSPS) is 14.5. The van der Waals surface area contributed by atoms with E-state index >= 15 is 0 Å². The van der Waals surface area contributed by atoms with E-state index in [4.69, 9.17) is 28.3 Å². The zero-order valence-corrected chi connectivity index (χ0v) is 13.0. The van der Waals surface area contributed by atoms with Crippen LogP contribution in [0.2, 0.25) is 5.02 Å². The molecule has 0 spiro atoms. The molecule has 110 valence electrons. The first-order chi connectivity index (χ1) is 10.7. The Morgan fingerprint density at radius 2 is 1.95 bits per heavy atom. The molecule has 1 aliphatic rings. The second-order valence-corrected chi connectivity index (χ2v) is 6.09. The number of halogens is 2. The van der Waals surface area contributed by atoms with Crippen LogP contribution >= 0.6 is 23.2 Å². The Balaban J connectivity index is 2.04. The molecule has 1 aliphatic carbocycles. The molecule has 0 aliphatic heterocycles. The van der Waals surface area contributed by atoms with Gasteiger partial charge in [-0.05, 0) is 36.6 Å². The zero-order chi connectivity index (χ0) is 15.3. The number of benzene rings is 1. The van der Waals surface area contributed by atoms with Crippen LogP contribution in [0, 0.1) is 0 Å². The maximum Gasteiger partial charge on any atom is 0.255 e. The first kappa shape index (κ1) is 13.7. The lowest BCUT2D eigenvalue weighted by Crippen LogP contribution is -1.99. The summed E-state index contributed by atoms with van der Waals surface area (Å²) in [7, 11) is 0. The lowest BCUT2D eigenvalue weighted by atomic mass is 10.1. The average Bonchev–Trinajstić information content (AvgIpc) is 3.29. The number of pyridine rings is 1. The molecule has 0 amide bonds. The van der Waals surface area contributed by atoms with Crippen molar-refractivity contribution in [3.63, 3.8) is 0 Å². The fourth-order valence-electron chi connectivity index (χ4n) is 2.60. The van der Waals surface area contributed by atoms with Crippen LogP contribution in [0.25, 0.3) is 16.7 Å². The van der Waals surface area contributed by atoms with Crippen LogP contribution in [0.3, 0.4) is 0 Å². The maximum atomic E-state index is 11.5. The molecule has 3 aromatic rings. The van der Waals surface area contributed by atoms with E-state index < -0.39 is 5.24 Å². The van der Waals surface area contributed by atoms with E-state index in [9.17, 15) is 4.79 Å². The monoisotopic (exact) mass is 331 g/mol. The first-order valence-corrected chi connectivity index (χ1v) is 7.75. The maximum absolute atomic E-state index is 11.5. The highest BCUT2D eigenvalue weighted by molar-refractivity contribution is 6.69. The molecule has 0 N–H and O–H groups in total. The van der Waals surface area contributed by atoms with Gasteiger partial charge >= 0.3 is 0 Å². The molecule has 6 heteroatoms. The molecule has 2 heterocycles. The summed E-state index contributed by atoms with van der Waals surface area (Å²) in [6.07, 6.45) is 3.57. The van der Waals surface area contributed by atoms with E-state index in [0.29, 0.717) is 16.6 Å². The summed E-state index contributed by atoms with van der Waals surface area (Å²) in [5, 5.41) is 5.17. The Bertz CT molecular complexity index is 885. The first-order valence-electron chi connectivity index (χ1n) is 6.99. The highest BCUT2D eigenvalue weighted by atomic mass is 35.5. The van der Waals surface area contributed by atoms with Crippen LogP contribution in [0.5, 0.6) is 0 Å². The highest BCUT2D eigenvalue weighted by Gasteiger charge is 2.32. The fraction of sp³-hybridized carbons (Fsp3) is 0.188. The van der Waals surface area contributed by atoms with Crippen molar-refractivity contribution in [2.45, 2.75) is 18.8 Å². The zero-order valence-electron chi connectivity index (χ0n) is 11.5. The van der Waals surface area contributed by atoms with Gasteiger partial charge in [-0.25, -0.2) is 9.67 Å². The number of nitrogens with zero attached hydrogens (tertiary/aromatic N) is 3. The third-order valence-corrected chi connectivity index (χ3v) is 4.43. The molecule has 2 aromatic heterocycles. The van der Waals surface area contributed by atoms with Crippen molar-refractivity contribution in [3.05, 3.63) is 52.8 Å². The van der Waals surface area contributed by atoms with Gasteiger partial charge in [-0.1, -0.05) is 29.8 Å². The number of carbonyl (C=O) groups is 1. The summed E-state index contributed by atoms with van der Waals surface area (Å²) in [4.78, 5) is 15.9. The Morgan fingerprint density at radius 1 is 1.23 bits per heavy atom. The van der Waals surface area contributed by atoms with Crippen molar-refractivity contribution in [3.8, 4) is 5.69 Å². The Morgan fingerprint density at radius 3 is 2.59 bits per heavy atom. The van der Waals surface area contributed by atoms with Gasteiger partial charge in [0, 0.05) is 12.1 Å². The predicted octanol–water partition coefficient (Wildman–Crippen LogP) is 4.33. The quantitative estimate of drug-likeness (QED) is 0.671. The van der Waals surface area contributed by atoms with E-state index in [0.717, 1.165) is 29.6 Å². The number of fused-ring (bicyclic) bond motifs is 1. The molecule has 4 rings (SSSR count). The van der Waals surface area contributed by atoms with Crippen LogP contribution in [-0.4, -0.2) is 20.0 Å². The van der Waals surface area contributed by atoms with Crippen molar-refractivity contribution < 1.29 is 4.79 Å². The molecule has 1 fully saturated rings. The van der Waals surface area contributed by atoms with Gasteiger partial charge in [0.1, 0.15) is 0 Å². The van der Waals surface area contributed by atoms with Crippen LogP contribution in [-0.2, 0) is 0 Å². The summed E-state index contributed by atoms with van der Waals surface area (Å²) in [6.45, 7) is 0. The minimum absolute atomic E-state index is 0.227. The van der Waals surface area contributed by atoms with E-state index in [1.807, 2.05) is 30.3 Å². The second-order valence-electron chi connectivity index (χ2n) is 5.37. The lowest BCUT2D eigenvalue weighted by Gasteiger charge is -2.03. The molecular weight excluding hydrogens is 321 g/mol. The number of hydrogen-bond acceptors (Lipinski definition) is 3. The molecule has 4 nitrogen and oxygen atoms in total. The van der Waals surface area contributed by atoms with Gasteiger partial charge in [0.25, 0.3) is 5.24 Å². The van der Waals surface area contributed by atoms with Gasteiger partial charge in [0.2, 0.25) is 0 Å².